The monoisotopic (exact) mass is 572 g/mol. The van der Waals surface area contributed by atoms with Gasteiger partial charge in [0, 0.05) is 25.4 Å². The van der Waals surface area contributed by atoms with Crippen LogP contribution in [0.1, 0.15) is 131 Å². The minimum absolute atomic E-state index is 0.0914. The molecule has 0 aromatic heterocycles. The number of unbranched alkanes of at least 4 members (excludes halogenated alkanes) is 6. The summed E-state index contributed by atoms with van der Waals surface area (Å²) in [7, 11) is -1.60. The van der Waals surface area contributed by atoms with E-state index in [0.717, 1.165) is 44.1 Å². The number of fused-ring (bicyclic) bond motifs is 5. The first-order valence-electron chi connectivity index (χ1n) is 16.9. The van der Waals surface area contributed by atoms with Gasteiger partial charge in [0.05, 0.1) is 0 Å². The molecule has 40 heavy (non-hydrogen) atoms. The van der Waals surface area contributed by atoms with Gasteiger partial charge in [-0.05, 0) is 105 Å². The van der Waals surface area contributed by atoms with Crippen LogP contribution in [0.4, 0.5) is 0 Å². The summed E-state index contributed by atoms with van der Waals surface area (Å²) < 4.78 is 12.3. The molecule has 0 heterocycles. The third-order valence-electron chi connectivity index (χ3n) is 12.2. The van der Waals surface area contributed by atoms with E-state index < -0.39 is 8.32 Å². The van der Waals surface area contributed by atoms with Gasteiger partial charge >= 0.3 is 5.97 Å². The highest BCUT2D eigenvalue weighted by atomic mass is 28.4. The molecule has 0 aromatic carbocycles. The van der Waals surface area contributed by atoms with E-state index in [1.165, 1.54) is 76.2 Å². The van der Waals surface area contributed by atoms with Crippen molar-refractivity contribution in [2.24, 2.45) is 35.0 Å². The highest BCUT2D eigenvalue weighted by Crippen LogP contribution is 2.64. The van der Waals surface area contributed by atoms with Crippen molar-refractivity contribution in [2.45, 2.75) is 155 Å². The Morgan fingerprint density at radius 2 is 1.68 bits per heavy atom. The lowest BCUT2D eigenvalue weighted by molar-refractivity contribution is -0.157. The Morgan fingerprint density at radius 3 is 2.35 bits per heavy atom. The predicted octanol–water partition coefficient (Wildman–Crippen LogP) is 9.43. The zero-order valence-corrected chi connectivity index (χ0v) is 28.0. The molecule has 4 aliphatic rings. The molecule has 0 saturated heterocycles. The SMILES string of the molecule is CC(=O)O[C@H]1CC[C@H]2[C@@H]3[C@@H](CCCCCCCCCO[Si](C)(C)C(C)(C)C)CC4=CC(=O)CCC4[C@H]3CC[C@]12C. The van der Waals surface area contributed by atoms with Crippen molar-refractivity contribution in [3.05, 3.63) is 11.6 Å². The molecule has 7 atom stereocenters. The molecule has 0 spiro atoms. The Morgan fingerprint density at radius 1 is 1.00 bits per heavy atom. The zero-order chi connectivity index (χ0) is 29.1. The second-order valence-electron chi connectivity index (χ2n) is 15.7. The lowest BCUT2D eigenvalue weighted by Gasteiger charge is -2.56. The first-order chi connectivity index (χ1) is 18.8. The average Bonchev–Trinajstić information content (AvgIpc) is 3.19. The summed E-state index contributed by atoms with van der Waals surface area (Å²) in [6.07, 6.45) is 20.1. The third-order valence-corrected chi connectivity index (χ3v) is 16.7. The van der Waals surface area contributed by atoms with Crippen LogP contribution in [0.5, 0.6) is 0 Å². The highest BCUT2D eigenvalue weighted by molar-refractivity contribution is 6.74. The second kappa shape index (κ2) is 13.1. The standard InChI is InChI=1S/C35H60O4Si/c1-25(36)39-32-19-18-31-33-26(15-13-11-9-8-10-12-14-22-38-40(6,7)34(2,3)4)23-27-24-28(37)16-17-29(27)30(33)20-21-35(31,32)5/h24,26,29-33H,8-23H2,1-7H3/t26-,29?,30+,31-,32-,33+,35-/m0/s1. The molecule has 3 saturated carbocycles. The van der Waals surface area contributed by atoms with Crippen molar-refractivity contribution >= 4 is 20.1 Å². The van der Waals surface area contributed by atoms with Gasteiger partial charge in [-0.3, -0.25) is 9.59 Å². The van der Waals surface area contributed by atoms with Gasteiger partial charge in [0.15, 0.2) is 14.1 Å². The van der Waals surface area contributed by atoms with Crippen LogP contribution >= 0.6 is 0 Å². The van der Waals surface area contributed by atoms with E-state index in [0.29, 0.717) is 28.6 Å². The first kappa shape index (κ1) is 32.0. The molecule has 4 nitrogen and oxygen atoms in total. The fourth-order valence-electron chi connectivity index (χ4n) is 8.96. The number of hydrogen-bond donors (Lipinski definition) is 0. The maximum atomic E-state index is 12.4. The number of ketones is 1. The summed E-state index contributed by atoms with van der Waals surface area (Å²) in [5, 5.41) is 0.299. The third kappa shape index (κ3) is 7.16. The molecular weight excluding hydrogens is 512 g/mol. The molecule has 1 unspecified atom stereocenters. The Labute approximate surface area is 246 Å². The molecule has 0 bridgehead atoms. The predicted molar refractivity (Wildman–Crippen MR) is 167 cm³/mol. The van der Waals surface area contributed by atoms with Gasteiger partial charge in [0.2, 0.25) is 0 Å². The topological polar surface area (TPSA) is 52.6 Å². The number of rotatable bonds is 12. The first-order valence-corrected chi connectivity index (χ1v) is 19.8. The van der Waals surface area contributed by atoms with E-state index >= 15 is 0 Å². The largest absolute Gasteiger partial charge is 0.462 e. The molecule has 228 valence electrons. The molecular formula is C35H60O4Si. The van der Waals surface area contributed by atoms with Crippen LogP contribution in [0.15, 0.2) is 11.6 Å². The Hall–Kier alpha value is -0.943. The van der Waals surface area contributed by atoms with Gasteiger partial charge in [-0.1, -0.05) is 71.8 Å². The van der Waals surface area contributed by atoms with Gasteiger partial charge < -0.3 is 9.16 Å². The summed E-state index contributed by atoms with van der Waals surface area (Å²) in [6, 6.07) is 0. The van der Waals surface area contributed by atoms with Gasteiger partial charge in [0.25, 0.3) is 0 Å². The maximum Gasteiger partial charge on any atom is 0.302 e. The lowest BCUT2D eigenvalue weighted by Crippen LogP contribution is -2.51. The van der Waals surface area contributed by atoms with E-state index in [1.807, 2.05) is 0 Å². The maximum absolute atomic E-state index is 12.4. The summed E-state index contributed by atoms with van der Waals surface area (Å²) in [5.41, 5.74) is 1.62. The van der Waals surface area contributed by atoms with Crippen molar-refractivity contribution in [3.63, 3.8) is 0 Å². The molecule has 4 rings (SSSR count). The van der Waals surface area contributed by atoms with Crippen molar-refractivity contribution in [2.75, 3.05) is 6.61 Å². The van der Waals surface area contributed by atoms with Crippen molar-refractivity contribution in [1.29, 1.82) is 0 Å². The number of ether oxygens (including phenoxy) is 1. The minimum Gasteiger partial charge on any atom is -0.462 e. The van der Waals surface area contributed by atoms with Crippen LogP contribution in [-0.2, 0) is 18.8 Å². The second-order valence-corrected chi connectivity index (χ2v) is 20.5. The molecule has 3 fully saturated rings. The van der Waals surface area contributed by atoms with E-state index in [-0.39, 0.29) is 17.5 Å². The summed E-state index contributed by atoms with van der Waals surface area (Å²) in [5.74, 6) is 3.66. The number of esters is 1. The number of carbonyl (C=O) groups is 2. The summed E-state index contributed by atoms with van der Waals surface area (Å²) >= 11 is 0. The average molecular weight is 573 g/mol. The normalized spacial score (nSPS) is 34.1. The highest BCUT2D eigenvalue weighted by Gasteiger charge is 2.59. The number of hydrogen-bond acceptors (Lipinski definition) is 4. The number of carbonyl (C=O) groups excluding carboxylic acids is 2. The minimum atomic E-state index is -1.60. The van der Waals surface area contributed by atoms with E-state index in [2.05, 4.69) is 46.9 Å². The molecule has 0 N–H and O–H groups in total. The lowest BCUT2D eigenvalue weighted by atomic mass is 9.49. The molecule has 4 aliphatic carbocycles. The fraction of sp³-hybridized carbons (Fsp3) is 0.886. The Balaban J connectivity index is 1.26. The Bertz CT molecular complexity index is 917. The van der Waals surface area contributed by atoms with Crippen molar-refractivity contribution < 1.29 is 18.8 Å². The van der Waals surface area contributed by atoms with Gasteiger partial charge in [0.1, 0.15) is 6.10 Å². The van der Waals surface area contributed by atoms with Crippen LogP contribution in [0.2, 0.25) is 18.1 Å². The van der Waals surface area contributed by atoms with Crippen LogP contribution in [0.3, 0.4) is 0 Å². The summed E-state index contributed by atoms with van der Waals surface area (Å²) in [6.45, 7) is 16.6. The molecule has 0 amide bonds. The van der Waals surface area contributed by atoms with Crippen LogP contribution in [0, 0.1) is 35.0 Å². The van der Waals surface area contributed by atoms with Gasteiger partial charge in [-0.25, -0.2) is 0 Å². The summed E-state index contributed by atoms with van der Waals surface area (Å²) in [4.78, 5) is 24.2. The van der Waals surface area contributed by atoms with Gasteiger partial charge in [-0.15, -0.1) is 0 Å². The van der Waals surface area contributed by atoms with E-state index in [1.54, 1.807) is 6.92 Å². The number of allylic oxidation sites excluding steroid dienone is 1. The van der Waals surface area contributed by atoms with Crippen molar-refractivity contribution in [3.8, 4) is 0 Å². The quantitative estimate of drug-likeness (QED) is 0.133. The van der Waals surface area contributed by atoms with E-state index in [4.69, 9.17) is 9.16 Å². The zero-order valence-electron chi connectivity index (χ0n) is 27.0. The van der Waals surface area contributed by atoms with Gasteiger partial charge in [-0.2, -0.15) is 0 Å². The molecule has 0 radical (unpaired) electrons. The molecule has 0 aromatic rings. The smallest absolute Gasteiger partial charge is 0.302 e. The van der Waals surface area contributed by atoms with Crippen LogP contribution in [0.25, 0.3) is 0 Å². The molecule has 5 heteroatoms. The fourth-order valence-corrected chi connectivity index (χ4v) is 10.0. The van der Waals surface area contributed by atoms with E-state index in [9.17, 15) is 9.59 Å². The van der Waals surface area contributed by atoms with Crippen LogP contribution in [-0.4, -0.2) is 32.8 Å². The van der Waals surface area contributed by atoms with Crippen LogP contribution < -0.4 is 0 Å². The Kier molecular flexibility index (Phi) is 10.5. The van der Waals surface area contributed by atoms with Crippen molar-refractivity contribution in [1.82, 2.24) is 0 Å². The molecule has 0 aliphatic heterocycles.